The molecule has 1 amide bonds. The van der Waals surface area contributed by atoms with Crippen LogP contribution in [0.3, 0.4) is 0 Å². The summed E-state index contributed by atoms with van der Waals surface area (Å²) in [5.41, 5.74) is 4.01. The number of benzene rings is 2. The monoisotopic (exact) mass is 387 g/mol. The van der Waals surface area contributed by atoms with E-state index in [1.165, 1.54) is 0 Å². The molecule has 0 aliphatic rings. The maximum atomic E-state index is 12.6. The second-order valence-corrected chi connectivity index (χ2v) is 6.77. The van der Waals surface area contributed by atoms with E-state index < -0.39 is 0 Å². The Bertz CT molecular complexity index is 1170. The summed E-state index contributed by atoms with van der Waals surface area (Å²) in [7, 11) is 0. The van der Waals surface area contributed by atoms with Crippen LogP contribution in [0.15, 0.2) is 78.0 Å². The van der Waals surface area contributed by atoms with E-state index in [9.17, 15) is 9.59 Å². The van der Waals surface area contributed by atoms with Crippen LogP contribution in [0.2, 0.25) is 0 Å². The van der Waals surface area contributed by atoms with Gasteiger partial charge < -0.3 is 10.3 Å². The zero-order valence-corrected chi connectivity index (χ0v) is 16.0. The number of amides is 1. The van der Waals surface area contributed by atoms with Gasteiger partial charge >= 0.3 is 5.69 Å². The van der Waals surface area contributed by atoms with Crippen molar-refractivity contribution in [2.75, 3.05) is 0 Å². The molecule has 0 fully saturated rings. The molecule has 4 aromatic rings. The molecule has 0 saturated heterocycles. The second-order valence-electron chi connectivity index (χ2n) is 6.77. The van der Waals surface area contributed by atoms with Gasteiger partial charge in [-0.25, -0.2) is 4.79 Å². The Balaban J connectivity index is 1.45. The van der Waals surface area contributed by atoms with Crippen molar-refractivity contribution in [1.29, 1.82) is 0 Å². The molecule has 2 heterocycles. The van der Waals surface area contributed by atoms with Gasteiger partial charge in [0.25, 0.3) is 5.91 Å². The lowest BCUT2D eigenvalue weighted by Gasteiger charge is -2.11. The first-order chi connectivity index (χ1) is 14.1. The minimum atomic E-state index is -0.200. The molecule has 0 aliphatic carbocycles. The predicted octanol–water partition coefficient (Wildman–Crippen LogP) is 2.65. The van der Waals surface area contributed by atoms with E-state index in [0.29, 0.717) is 18.7 Å². The third kappa shape index (κ3) is 4.03. The Kier molecular flexibility index (Phi) is 5.11. The summed E-state index contributed by atoms with van der Waals surface area (Å²) in [5.74, 6) is -0.163. The Morgan fingerprint density at radius 3 is 2.48 bits per heavy atom. The van der Waals surface area contributed by atoms with Crippen LogP contribution in [-0.4, -0.2) is 25.2 Å². The minimum absolute atomic E-state index is 0.163. The molecule has 0 radical (unpaired) electrons. The SMILES string of the molecule is Cc1c[nH]c(=O)n1-c1ccc(C(=O)NCc2ccccc2Cn2cccn2)cc1. The summed E-state index contributed by atoms with van der Waals surface area (Å²) in [6, 6.07) is 16.8. The van der Waals surface area contributed by atoms with Crippen molar-refractivity contribution < 1.29 is 4.79 Å². The van der Waals surface area contributed by atoms with Crippen molar-refractivity contribution in [2.45, 2.75) is 20.0 Å². The Hall–Kier alpha value is -3.87. The van der Waals surface area contributed by atoms with E-state index in [4.69, 9.17) is 0 Å². The van der Waals surface area contributed by atoms with Gasteiger partial charge in [-0.1, -0.05) is 24.3 Å². The molecule has 0 unspecified atom stereocenters. The maximum Gasteiger partial charge on any atom is 0.330 e. The second kappa shape index (κ2) is 8.02. The van der Waals surface area contributed by atoms with Crippen molar-refractivity contribution in [2.24, 2.45) is 0 Å². The molecule has 2 N–H and O–H groups in total. The number of carbonyl (C=O) groups is 1. The number of carbonyl (C=O) groups excluding carboxylic acids is 1. The van der Waals surface area contributed by atoms with Gasteiger partial charge in [-0.05, 0) is 48.4 Å². The van der Waals surface area contributed by atoms with Gasteiger partial charge in [0.15, 0.2) is 0 Å². The number of nitrogens with zero attached hydrogens (tertiary/aromatic N) is 3. The smallest absolute Gasteiger partial charge is 0.330 e. The largest absolute Gasteiger partial charge is 0.348 e. The lowest BCUT2D eigenvalue weighted by Crippen LogP contribution is -2.24. The first-order valence-electron chi connectivity index (χ1n) is 9.32. The molecule has 0 bridgehead atoms. The number of aryl methyl sites for hydroxylation is 1. The van der Waals surface area contributed by atoms with E-state index >= 15 is 0 Å². The fourth-order valence-electron chi connectivity index (χ4n) is 3.27. The summed E-state index contributed by atoms with van der Waals surface area (Å²) in [6.45, 7) is 2.92. The summed E-state index contributed by atoms with van der Waals surface area (Å²) >= 11 is 0. The van der Waals surface area contributed by atoms with E-state index in [1.54, 1.807) is 41.2 Å². The molecular weight excluding hydrogens is 366 g/mol. The first kappa shape index (κ1) is 18.5. The average Bonchev–Trinajstić information content (AvgIpc) is 3.37. The van der Waals surface area contributed by atoms with Gasteiger partial charge in [-0.2, -0.15) is 5.10 Å². The Labute approximate surface area is 167 Å². The van der Waals surface area contributed by atoms with Gasteiger partial charge in [0, 0.05) is 36.4 Å². The van der Waals surface area contributed by atoms with Gasteiger partial charge in [-0.15, -0.1) is 0 Å². The number of imidazole rings is 1. The van der Waals surface area contributed by atoms with Crippen LogP contribution in [-0.2, 0) is 13.1 Å². The number of nitrogens with one attached hydrogen (secondary N) is 2. The van der Waals surface area contributed by atoms with Crippen molar-refractivity contribution in [3.05, 3.63) is 106 Å². The standard InChI is InChI=1S/C22H21N5O2/c1-16-13-24-22(29)27(16)20-9-7-17(8-10-20)21(28)23-14-18-5-2-3-6-19(18)15-26-12-4-11-25-26/h2-13H,14-15H2,1H3,(H,23,28)(H,24,29). The normalized spacial score (nSPS) is 10.8. The zero-order chi connectivity index (χ0) is 20.2. The summed E-state index contributed by atoms with van der Waals surface area (Å²) in [6.07, 6.45) is 5.31. The zero-order valence-electron chi connectivity index (χ0n) is 16.0. The molecule has 2 aromatic carbocycles. The highest BCUT2D eigenvalue weighted by atomic mass is 16.2. The van der Waals surface area contributed by atoms with Crippen molar-refractivity contribution in [3.8, 4) is 5.69 Å². The number of hydrogen-bond donors (Lipinski definition) is 2. The fraction of sp³-hybridized carbons (Fsp3) is 0.136. The molecular formula is C22H21N5O2. The lowest BCUT2D eigenvalue weighted by molar-refractivity contribution is 0.0951. The lowest BCUT2D eigenvalue weighted by atomic mass is 10.1. The van der Waals surface area contributed by atoms with Gasteiger partial charge in [0.05, 0.1) is 12.2 Å². The van der Waals surface area contributed by atoms with Crippen LogP contribution in [0, 0.1) is 6.92 Å². The van der Waals surface area contributed by atoms with Crippen molar-refractivity contribution >= 4 is 5.91 Å². The van der Waals surface area contributed by atoms with Gasteiger partial charge in [0.1, 0.15) is 0 Å². The van der Waals surface area contributed by atoms with E-state index in [-0.39, 0.29) is 11.6 Å². The highest BCUT2D eigenvalue weighted by molar-refractivity contribution is 5.94. The van der Waals surface area contributed by atoms with Gasteiger partial charge in [-0.3, -0.25) is 14.0 Å². The third-order valence-corrected chi connectivity index (χ3v) is 4.80. The van der Waals surface area contributed by atoms with Crippen LogP contribution in [0.4, 0.5) is 0 Å². The van der Waals surface area contributed by atoms with Crippen LogP contribution in [0.5, 0.6) is 0 Å². The number of H-pyrrole nitrogens is 1. The van der Waals surface area contributed by atoms with Crippen LogP contribution in [0.25, 0.3) is 5.69 Å². The molecule has 146 valence electrons. The van der Waals surface area contributed by atoms with Crippen LogP contribution in [0.1, 0.15) is 27.2 Å². The molecule has 29 heavy (non-hydrogen) atoms. The Morgan fingerprint density at radius 1 is 1.07 bits per heavy atom. The molecule has 2 aromatic heterocycles. The predicted molar refractivity (Wildman–Crippen MR) is 110 cm³/mol. The molecule has 0 atom stereocenters. The molecule has 7 heteroatoms. The summed E-state index contributed by atoms with van der Waals surface area (Å²) in [4.78, 5) is 27.1. The molecule has 0 saturated carbocycles. The highest BCUT2D eigenvalue weighted by Crippen LogP contribution is 2.12. The average molecular weight is 387 g/mol. The third-order valence-electron chi connectivity index (χ3n) is 4.80. The minimum Gasteiger partial charge on any atom is -0.348 e. The fourth-order valence-corrected chi connectivity index (χ4v) is 3.27. The quantitative estimate of drug-likeness (QED) is 0.533. The van der Waals surface area contributed by atoms with E-state index in [1.807, 2.05) is 48.1 Å². The van der Waals surface area contributed by atoms with E-state index in [2.05, 4.69) is 15.4 Å². The molecule has 0 spiro atoms. The number of aromatic amines is 1. The molecule has 7 nitrogen and oxygen atoms in total. The van der Waals surface area contributed by atoms with Crippen molar-refractivity contribution in [3.63, 3.8) is 0 Å². The summed E-state index contributed by atoms with van der Waals surface area (Å²) in [5, 5.41) is 7.21. The molecule has 4 rings (SSSR count). The Morgan fingerprint density at radius 2 is 1.83 bits per heavy atom. The van der Waals surface area contributed by atoms with Gasteiger partial charge in [0.2, 0.25) is 0 Å². The highest BCUT2D eigenvalue weighted by Gasteiger charge is 2.10. The van der Waals surface area contributed by atoms with Crippen molar-refractivity contribution in [1.82, 2.24) is 24.6 Å². The topological polar surface area (TPSA) is 84.7 Å². The number of rotatable bonds is 6. The summed E-state index contributed by atoms with van der Waals surface area (Å²) < 4.78 is 3.41. The van der Waals surface area contributed by atoms with Crippen LogP contribution < -0.4 is 11.0 Å². The number of aromatic nitrogens is 4. The molecule has 0 aliphatic heterocycles. The first-order valence-corrected chi connectivity index (χ1v) is 9.32. The van der Waals surface area contributed by atoms with E-state index in [0.717, 1.165) is 22.5 Å². The maximum absolute atomic E-state index is 12.6. The van der Waals surface area contributed by atoms with Crippen LogP contribution >= 0.6 is 0 Å². The number of hydrogen-bond acceptors (Lipinski definition) is 3.